The van der Waals surface area contributed by atoms with Gasteiger partial charge in [-0.25, -0.2) is 0 Å². The molecular formula is C39H26O. The zero-order valence-corrected chi connectivity index (χ0v) is 22.2. The summed E-state index contributed by atoms with van der Waals surface area (Å²) in [6.45, 7) is 2.16. The summed E-state index contributed by atoms with van der Waals surface area (Å²) >= 11 is 0. The van der Waals surface area contributed by atoms with Crippen LogP contribution < -0.4 is 0 Å². The standard InChI is InChI=1S/C39H26O/c1-25-11-8-13-27(23-25)37-31-16-2-4-18-33(31)38(34-19-5-3-17-32(34)37)28-14-9-12-26(24-28)29-20-10-21-35-30-15-6-7-22-36(30)40-39(29)35/h2-24H,1H3. The Morgan fingerprint density at radius 1 is 0.400 bits per heavy atom. The SMILES string of the molecule is Cc1cccc(-c2c3ccccc3c(-c3cccc(-c4cccc5c4oc4ccccc45)c3)c3ccccc23)c1. The number of benzene rings is 7. The monoisotopic (exact) mass is 510 g/mol. The van der Waals surface area contributed by atoms with Gasteiger partial charge in [0.15, 0.2) is 0 Å². The summed E-state index contributed by atoms with van der Waals surface area (Å²) in [5.74, 6) is 0. The maximum atomic E-state index is 6.40. The van der Waals surface area contributed by atoms with Crippen molar-refractivity contribution in [3.05, 3.63) is 145 Å². The molecule has 0 unspecified atom stereocenters. The third kappa shape index (κ3) is 3.48. The Bertz CT molecular complexity index is 2170. The summed E-state index contributed by atoms with van der Waals surface area (Å²) in [6, 6.07) is 50.2. The smallest absolute Gasteiger partial charge is 0.143 e. The Morgan fingerprint density at radius 3 is 1.55 bits per heavy atom. The van der Waals surface area contributed by atoms with E-state index in [1.807, 2.05) is 12.1 Å². The van der Waals surface area contributed by atoms with Crippen molar-refractivity contribution in [1.82, 2.24) is 0 Å². The molecule has 0 aliphatic rings. The molecule has 0 saturated heterocycles. The molecule has 8 rings (SSSR count). The molecule has 0 radical (unpaired) electrons. The first-order chi connectivity index (χ1) is 19.8. The topological polar surface area (TPSA) is 13.1 Å². The van der Waals surface area contributed by atoms with Crippen LogP contribution in [0.2, 0.25) is 0 Å². The molecule has 0 fully saturated rings. The molecule has 1 heterocycles. The number of hydrogen-bond acceptors (Lipinski definition) is 1. The van der Waals surface area contributed by atoms with E-state index in [-0.39, 0.29) is 0 Å². The second-order valence-corrected chi connectivity index (χ2v) is 10.6. The van der Waals surface area contributed by atoms with Crippen LogP contribution in [0.3, 0.4) is 0 Å². The van der Waals surface area contributed by atoms with Crippen molar-refractivity contribution < 1.29 is 4.42 Å². The van der Waals surface area contributed by atoms with Gasteiger partial charge in [-0.15, -0.1) is 0 Å². The number of fused-ring (bicyclic) bond motifs is 5. The largest absolute Gasteiger partial charge is 0.455 e. The van der Waals surface area contributed by atoms with Crippen LogP contribution in [-0.4, -0.2) is 0 Å². The van der Waals surface area contributed by atoms with Gasteiger partial charge in [0.05, 0.1) is 0 Å². The minimum atomic E-state index is 0.921. The van der Waals surface area contributed by atoms with Crippen LogP contribution in [0, 0.1) is 6.92 Å². The van der Waals surface area contributed by atoms with Gasteiger partial charge in [0.2, 0.25) is 0 Å². The second kappa shape index (κ2) is 8.97. The molecule has 8 aromatic rings. The first-order valence-corrected chi connectivity index (χ1v) is 13.8. The molecule has 0 N–H and O–H groups in total. The zero-order valence-electron chi connectivity index (χ0n) is 22.2. The molecule has 7 aromatic carbocycles. The zero-order chi connectivity index (χ0) is 26.6. The minimum absolute atomic E-state index is 0.921. The minimum Gasteiger partial charge on any atom is -0.455 e. The molecule has 0 saturated carbocycles. The highest BCUT2D eigenvalue weighted by molar-refractivity contribution is 6.21. The molecule has 1 aromatic heterocycles. The second-order valence-electron chi connectivity index (χ2n) is 10.6. The summed E-state index contributed by atoms with van der Waals surface area (Å²) in [7, 11) is 0. The molecule has 0 aliphatic carbocycles. The van der Waals surface area contributed by atoms with Gasteiger partial charge in [0.1, 0.15) is 11.2 Å². The highest BCUT2D eigenvalue weighted by atomic mass is 16.3. The molecule has 1 nitrogen and oxygen atoms in total. The Hall–Kier alpha value is -5.14. The van der Waals surface area contributed by atoms with E-state index >= 15 is 0 Å². The van der Waals surface area contributed by atoms with Crippen molar-refractivity contribution >= 4 is 43.5 Å². The van der Waals surface area contributed by atoms with E-state index in [9.17, 15) is 0 Å². The maximum Gasteiger partial charge on any atom is 0.143 e. The maximum absolute atomic E-state index is 6.40. The van der Waals surface area contributed by atoms with E-state index in [4.69, 9.17) is 4.42 Å². The van der Waals surface area contributed by atoms with E-state index < -0.39 is 0 Å². The first kappa shape index (κ1) is 22.8. The van der Waals surface area contributed by atoms with Gasteiger partial charge in [-0.3, -0.25) is 0 Å². The highest BCUT2D eigenvalue weighted by Gasteiger charge is 2.18. The van der Waals surface area contributed by atoms with E-state index in [2.05, 4.69) is 134 Å². The molecule has 188 valence electrons. The van der Waals surface area contributed by atoms with E-state index in [1.165, 1.54) is 49.4 Å². The van der Waals surface area contributed by atoms with Crippen LogP contribution in [0.1, 0.15) is 5.56 Å². The van der Waals surface area contributed by atoms with Crippen molar-refractivity contribution in [2.75, 3.05) is 0 Å². The van der Waals surface area contributed by atoms with E-state index in [1.54, 1.807) is 0 Å². The normalized spacial score (nSPS) is 11.6. The number of para-hydroxylation sites is 2. The van der Waals surface area contributed by atoms with Gasteiger partial charge in [0.25, 0.3) is 0 Å². The summed E-state index contributed by atoms with van der Waals surface area (Å²) in [4.78, 5) is 0. The number of furan rings is 1. The van der Waals surface area contributed by atoms with Crippen LogP contribution in [0.5, 0.6) is 0 Å². The molecule has 1 heteroatoms. The number of aryl methyl sites for hydroxylation is 1. The average Bonchev–Trinajstić information content (AvgIpc) is 3.39. The molecule has 0 aliphatic heterocycles. The predicted octanol–water partition coefficient (Wildman–Crippen LogP) is 11.2. The predicted molar refractivity (Wildman–Crippen MR) is 170 cm³/mol. The van der Waals surface area contributed by atoms with Gasteiger partial charge in [-0.2, -0.15) is 0 Å². The van der Waals surface area contributed by atoms with Crippen LogP contribution in [0.15, 0.2) is 144 Å². The number of rotatable bonds is 3. The summed E-state index contributed by atoms with van der Waals surface area (Å²) in [5.41, 5.74) is 10.4. The third-order valence-corrected chi connectivity index (χ3v) is 8.10. The lowest BCUT2D eigenvalue weighted by Gasteiger charge is -2.18. The van der Waals surface area contributed by atoms with Gasteiger partial charge in [0, 0.05) is 16.3 Å². The Kier molecular flexibility index (Phi) is 5.11. The molecular weight excluding hydrogens is 484 g/mol. The van der Waals surface area contributed by atoms with Crippen molar-refractivity contribution in [1.29, 1.82) is 0 Å². The molecule has 40 heavy (non-hydrogen) atoms. The Morgan fingerprint density at radius 2 is 0.900 bits per heavy atom. The van der Waals surface area contributed by atoms with Gasteiger partial charge in [-0.1, -0.05) is 133 Å². The number of hydrogen-bond donors (Lipinski definition) is 0. The summed E-state index contributed by atoms with van der Waals surface area (Å²) in [6.07, 6.45) is 0. The summed E-state index contributed by atoms with van der Waals surface area (Å²) in [5, 5.41) is 7.36. The fourth-order valence-electron chi connectivity index (χ4n) is 6.37. The van der Waals surface area contributed by atoms with E-state index in [0.29, 0.717) is 0 Å². The molecule has 0 spiro atoms. The average molecular weight is 511 g/mol. The highest BCUT2D eigenvalue weighted by Crippen LogP contribution is 2.45. The quantitative estimate of drug-likeness (QED) is 0.215. The molecule has 0 atom stereocenters. The first-order valence-electron chi connectivity index (χ1n) is 13.8. The summed E-state index contributed by atoms with van der Waals surface area (Å²) < 4.78 is 6.40. The van der Waals surface area contributed by atoms with Crippen molar-refractivity contribution in [2.45, 2.75) is 6.92 Å². The van der Waals surface area contributed by atoms with Gasteiger partial charge < -0.3 is 4.42 Å². The molecule has 0 amide bonds. The lowest BCUT2D eigenvalue weighted by molar-refractivity contribution is 0.670. The van der Waals surface area contributed by atoms with E-state index in [0.717, 1.165) is 33.1 Å². The van der Waals surface area contributed by atoms with Gasteiger partial charge in [-0.05, 0) is 68.4 Å². The fourth-order valence-corrected chi connectivity index (χ4v) is 6.37. The van der Waals surface area contributed by atoms with Gasteiger partial charge >= 0.3 is 0 Å². The fraction of sp³-hybridized carbons (Fsp3) is 0.0256. The Balaban J connectivity index is 1.41. The van der Waals surface area contributed by atoms with Crippen LogP contribution in [-0.2, 0) is 0 Å². The molecule has 0 bridgehead atoms. The van der Waals surface area contributed by atoms with Crippen LogP contribution in [0.4, 0.5) is 0 Å². The Labute approximate surface area is 232 Å². The van der Waals surface area contributed by atoms with Crippen LogP contribution in [0.25, 0.3) is 76.9 Å². The van der Waals surface area contributed by atoms with Crippen molar-refractivity contribution in [2.24, 2.45) is 0 Å². The van der Waals surface area contributed by atoms with Crippen molar-refractivity contribution in [3.8, 4) is 33.4 Å². The van der Waals surface area contributed by atoms with Crippen molar-refractivity contribution in [3.63, 3.8) is 0 Å². The third-order valence-electron chi connectivity index (χ3n) is 8.10. The lowest BCUT2D eigenvalue weighted by atomic mass is 9.85. The lowest BCUT2D eigenvalue weighted by Crippen LogP contribution is -1.91. The van der Waals surface area contributed by atoms with Crippen LogP contribution >= 0.6 is 0 Å².